The van der Waals surface area contributed by atoms with Crippen LogP contribution < -0.4 is 16.1 Å². The van der Waals surface area contributed by atoms with Gasteiger partial charge in [-0.3, -0.25) is 14.3 Å². The summed E-state index contributed by atoms with van der Waals surface area (Å²) in [5.41, 5.74) is 0.907. The van der Waals surface area contributed by atoms with E-state index in [0.717, 1.165) is 43.3 Å². The van der Waals surface area contributed by atoms with Crippen LogP contribution in [0, 0.1) is 5.92 Å². The summed E-state index contributed by atoms with van der Waals surface area (Å²) >= 11 is 1.57. The Hall–Kier alpha value is -3.41. The molecule has 5 rings (SSSR count). The second-order valence-corrected chi connectivity index (χ2v) is 9.67. The summed E-state index contributed by atoms with van der Waals surface area (Å²) in [5, 5.41) is 12.9. The molecule has 0 spiro atoms. The number of aromatic nitrogens is 8. The second-order valence-electron chi connectivity index (χ2n) is 8.69. The molecule has 4 aromatic rings. The number of piperidine rings is 1. The van der Waals surface area contributed by atoms with Crippen LogP contribution in [0.2, 0.25) is 0 Å². The van der Waals surface area contributed by atoms with Crippen LogP contribution >= 0.6 is 11.8 Å². The lowest BCUT2D eigenvalue weighted by Crippen LogP contribution is -2.33. The van der Waals surface area contributed by atoms with E-state index >= 15 is 0 Å². The summed E-state index contributed by atoms with van der Waals surface area (Å²) in [5.74, 6) is 1.69. The van der Waals surface area contributed by atoms with Gasteiger partial charge in [-0.15, -0.1) is 5.10 Å². The zero-order valence-electron chi connectivity index (χ0n) is 19.2. The fraction of sp³-hybridized carbons (Fsp3) is 0.455. The number of thioether (sulfide) groups is 1. The first-order valence-electron chi connectivity index (χ1n) is 11.4. The van der Waals surface area contributed by atoms with Gasteiger partial charge in [0.05, 0.1) is 5.69 Å². The molecule has 0 amide bonds. The Morgan fingerprint density at radius 2 is 1.88 bits per heavy atom. The fourth-order valence-corrected chi connectivity index (χ4v) is 5.21. The number of hydrogen-bond donors (Lipinski definition) is 1. The van der Waals surface area contributed by atoms with Crippen LogP contribution in [0.15, 0.2) is 45.1 Å². The summed E-state index contributed by atoms with van der Waals surface area (Å²) in [6, 6.07) is 9.78. The van der Waals surface area contributed by atoms with E-state index < -0.39 is 11.2 Å². The summed E-state index contributed by atoms with van der Waals surface area (Å²) < 4.78 is 5.11. The zero-order chi connectivity index (χ0) is 23.7. The van der Waals surface area contributed by atoms with Gasteiger partial charge in [-0.05, 0) is 47.7 Å². The molecule has 1 atom stereocenters. The van der Waals surface area contributed by atoms with Gasteiger partial charge in [0.2, 0.25) is 11.1 Å². The molecule has 0 radical (unpaired) electrons. The van der Waals surface area contributed by atoms with E-state index in [1.807, 2.05) is 34.9 Å². The van der Waals surface area contributed by atoms with Crippen LogP contribution in [0.25, 0.3) is 16.9 Å². The molecule has 0 unspecified atom stereocenters. The maximum absolute atomic E-state index is 12.8. The standard InChI is InChI=1S/C22H27N9O2S/c1-15(14-34-22-25-26-27-31(22)16-9-5-3-6-10-16)13-30-17-18(28(2)21(33)24-19(17)32)23-20(30)29-11-7-4-8-12-29/h3,5-6,9-10,15H,4,7-8,11-14H2,1-2H3,(H,24,32,33)/t15-/m0/s1. The van der Waals surface area contributed by atoms with E-state index in [1.54, 1.807) is 23.5 Å². The van der Waals surface area contributed by atoms with Crippen LogP contribution in [-0.2, 0) is 13.6 Å². The maximum Gasteiger partial charge on any atom is 0.329 e. The van der Waals surface area contributed by atoms with Gasteiger partial charge in [-0.2, -0.15) is 9.67 Å². The van der Waals surface area contributed by atoms with Crippen molar-refractivity contribution in [2.75, 3.05) is 23.7 Å². The zero-order valence-corrected chi connectivity index (χ0v) is 20.0. The largest absolute Gasteiger partial charge is 0.342 e. The van der Waals surface area contributed by atoms with Crippen molar-refractivity contribution >= 4 is 28.9 Å². The Morgan fingerprint density at radius 3 is 2.65 bits per heavy atom. The van der Waals surface area contributed by atoms with Gasteiger partial charge in [-0.1, -0.05) is 36.9 Å². The maximum atomic E-state index is 12.8. The number of nitrogens with zero attached hydrogens (tertiary/aromatic N) is 8. The number of H-pyrrole nitrogens is 1. The van der Waals surface area contributed by atoms with Crippen molar-refractivity contribution in [3.63, 3.8) is 0 Å². The third-order valence-electron chi connectivity index (χ3n) is 6.06. The number of tetrazole rings is 1. The minimum atomic E-state index is -0.455. The van der Waals surface area contributed by atoms with Gasteiger partial charge in [0.1, 0.15) is 0 Å². The molecular weight excluding hydrogens is 454 g/mol. The number of aromatic amines is 1. The Kier molecular flexibility index (Phi) is 6.22. The van der Waals surface area contributed by atoms with Crippen molar-refractivity contribution in [3.8, 4) is 5.69 Å². The molecule has 4 heterocycles. The number of benzene rings is 1. The van der Waals surface area contributed by atoms with Gasteiger partial charge < -0.3 is 9.47 Å². The third-order valence-corrected chi connectivity index (χ3v) is 7.31. The molecule has 0 saturated carbocycles. The molecule has 1 N–H and O–H groups in total. The summed E-state index contributed by atoms with van der Waals surface area (Å²) in [4.78, 5) is 34.4. The number of imidazole rings is 1. The van der Waals surface area contributed by atoms with Crippen molar-refractivity contribution in [2.45, 2.75) is 37.9 Å². The highest BCUT2D eigenvalue weighted by atomic mass is 32.2. The van der Waals surface area contributed by atoms with Crippen LogP contribution in [0.5, 0.6) is 0 Å². The molecule has 1 aliphatic rings. The van der Waals surface area contributed by atoms with Crippen LogP contribution in [0.1, 0.15) is 26.2 Å². The lowest BCUT2D eigenvalue weighted by Gasteiger charge is -2.28. The van der Waals surface area contributed by atoms with Crippen LogP contribution in [0.4, 0.5) is 5.95 Å². The first-order chi connectivity index (χ1) is 16.5. The van der Waals surface area contributed by atoms with Gasteiger partial charge >= 0.3 is 5.69 Å². The Morgan fingerprint density at radius 1 is 1.12 bits per heavy atom. The molecule has 178 valence electrons. The van der Waals surface area contributed by atoms with Crippen molar-refractivity contribution in [2.24, 2.45) is 13.0 Å². The monoisotopic (exact) mass is 481 g/mol. The van der Waals surface area contributed by atoms with E-state index in [4.69, 9.17) is 4.98 Å². The van der Waals surface area contributed by atoms with Crippen LogP contribution in [-0.4, -0.2) is 58.2 Å². The first-order valence-corrected chi connectivity index (χ1v) is 12.4. The van der Waals surface area contributed by atoms with E-state index in [9.17, 15) is 9.59 Å². The molecule has 0 bridgehead atoms. The van der Waals surface area contributed by atoms with Crippen molar-refractivity contribution in [3.05, 3.63) is 51.2 Å². The van der Waals surface area contributed by atoms with Gasteiger partial charge in [0.15, 0.2) is 11.2 Å². The summed E-state index contributed by atoms with van der Waals surface area (Å²) in [6.45, 7) is 4.50. The lowest BCUT2D eigenvalue weighted by molar-refractivity contribution is 0.514. The highest BCUT2D eigenvalue weighted by Crippen LogP contribution is 2.26. The molecule has 3 aromatic heterocycles. The molecule has 11 nitrogen and oxygen atoms in total. The quantitative estimate of drug-likeness (QED) is 0.397. The van der Waals surface area contributed by atoms with Gasteiger partial charge in [-0.25, -0.2) is 4.79 Å². The average molecular weight is 482 g/mol. The minimum absolute atomic E-state index is 0.184. The predicted octanol–water partition coefficient (Wildman–Crippen LogP) is 1.82. The lowest BCUT2D eigenvalue weighted by atomic mass is 10.1. The Bertz CT molecular complexity index is 1400. The number of para-hydroxylation sites is 1. The summed E-state index contributed by atoms with van der Waals surface area (Å²) in [6.07, 6.45) is 3.37. The predicted molar refractivity (Wildman–Crippen MR) is 131 cm³/mol. The Balaban J connectivity index is 1.42. The number of rotatable bonds is 7. The molecule has 34 heavy (non-hydrogen) atoms. The molecular formula is C22H27N9O2S. The number of nitrogens with one attached hydrogen (secondary N) is 1. The second kappa shape index (κ2) is 9.45. The summed E-state index contributed by atoms with van der Waals surface area (Å²) in [7, 11) is 1.64. The topological polar surface area (TPSA) is 120 Å². The highest BCUT2D eigenvalue weighted by molar-refractivity contribution is 7.99. The number of anilines is 1. The van der Waals surface area contributed by atoms with Gasteiger partial charge in [0, 0.05) is 32.4 Å². The smallest absolute Gasteiger partial charge is 0.329 e. The fourth-order valence-electron chi connectivity index (χ4n) is 4.31. The minimum Gasteiger partial charge on any atom is -0.342 e. The molecule has 1 saturated heterocycles. The van der Waals surface area contributed by atoms with E-state index in [-0.39, 0.29) is 5.92 Å². The SMILES string of the molecule is C[C@H](CSc1nnnn1-c1ccccc1)Cn1c(N2CCCCC2)nc2c1c(=O)[nH]c(=O)n2C. The Labute approximate surface area is 199 Å². The molecule has 1 fully saturated rings. The van der Waals surface area contributed by atoms with E-state index in [1.165, 1.54) is 11.0 Å². The third kappa shape index (κ3) is 4.25. The average Bonchev–Trinajstić information content (AvgIpc) is 3.48. The number of aryl methyl sites for hydroxylation is 1. The van der Waals surface area contributed by atoms with E-state index in [2.05, 4.69) is 32.3 Å². The highest BCUT2D eigenvalue weighted by Gasteiger charge is 2.24. The molecule has 1 aromatic carbocycles. The van der Waals surface area contributed by atoms with Crippen molar-refractivity contribution in [1.82, 2.24) is 39.3 Å². The van der Waals surface area contributed by atoms with E-state index in [0.29, 0.717) is 22.9 Å². The molecule has 0 aliphatic carbocycles. The van der Waals surface area contributed by atoms with Crippen molar-refractivity contribution in [1.29, 1.82) is 0 Å². The first kappa shape index (κ1) is 22.4. The van der Waals surface area contributed by atoms with Crippen LogP contribution in [0.3, 0.4) is 0 Å². The normalized spacial score (nSPS) is 15.2. The molecule has 1 aliphatic heterocycles. The van der Waals surface area contributed by atoms with Gasteiger partial charge in [0.25, 0.3) is 5.56 Å². The number of fused-ring (bicyclic) bond motifs is 1. The molecule has 12 heteroatoms. The number of hydrogen-bond acceptors (Lipinski definition) is 8. The van der Waals surface area contributed by atoms with Crippen molar-refractivity contribution < 1.29 is 0 Å².